The Morgan fingerprint density at radius 1 is 1.29 bits per heavy atom. The molecule has 0 radical (unpaired) electrons. The molecule has 2 amide bonds. The van der Waals surface area contributed by atoms with Gasteiger partial charge in [0, 0.05) is 19.2 Å². The van der Waals surface area contributed by atoms with E-state index in [2.05, 4.69) is 16.0 Å². The molecule has 0 atom stereocenters. The van der Waals surface area contributed by atoms with Gasteiger partial charge >= 0.3 is 0 Å². The molecule has 1 aromatic carbocycles. The van der Waals surface area contributed by atoms with Crippen LogP contribution in [0.3, 0.4) is 0 Å². The predicted molar refractivity (Wildman–Crippen MR) is 66.5 cm³/mol. The van der Waals surface area contributed by atoms with Crippen LogP contribution in [0, 0.1) is 0 Å². The van der Waals surface area contributed by atoms with Crippen LogP contribution in [0.5, 0.6) is 0 Å². The summed E-state index contributed by atoms with van der Waals surface area (Å²) < 4.78 is 0. The topological polar surface area (TPSA) is 70.2 Å². The van der Waals surface area contributed by atoms with Crippen molar-refractivity contribution in [1.82, 2.24) is 10.6 Å². The summed E-state index contributed by atoms with van der Waals surface area (Å²) in [6.07, 6.45) is 0. The van der Waals surface area contributed by atoms with Crippen molar-refractivity contribution in [1.29, 1.82) is 0 Å². The van der Waals surface area contributed by atoms with E-state index in [4.69, 9.17) is 0 Å². The molecule has 17 heavy (non-hydrogen) atoms. The molecule has 0 spiro atoms. The molecule has 1 aromatic rings. The highest BCUT2D eigenvalue weighted by Crippen LogP contribution is 2.10. The van der Waals surface area contributed by atoms with Gasteiger partial charge in [-0.05, 0) is 24.7 Å². The van der Waals surface area contributed by atoms with Gasteiger partial charge in [0.05, 0.1) is 6.54 Å². The third kappa shape index (κ3) is 5.12. The lowest BCUT2D eigenvalue weighted by Gasteiger charge is -2.07. The maximum absolute atomic E-state index is 11.2. The van der Waals surface area contributed by atoms with Crippen LogP contribution >= 0.6 is 0 Å². The van der Waals surface area contributed by atoms with E-state index >= 15 is 0 Å². The molecule has 0 aliphatic heterocycles. The van der Waals surface area contributed by atoms with Crippen molar-refractivity contribution in [2.75, 3.05) is 18.9 Å². The Hall–Kier alpha value is -1.88. The Labute approximate surface area is 101 Å². The quantitative estimate of drug-likeness (QED) is 0.695. The van der Waals surface area contributed by atoms with E-state index in [1.807, 2.05) is 18.2 Å². The first kappa shape index (κ1) is 13.2. The van der Waals surface area contributed by atoms with E-state index in [-0.39, 0.29) is 11.8 Å². The molecule has 0 unspecified atom stereocenters. The maximum Gasteiger partial charge on any atom is 0.234 e. The Bertz CT molecular complexity index is 404. The number of likely N-dealkylation sites (N-methyl/N-ethyl adjacent to an activating group) is 1. The second-order valence-electron chi connectivity index (χ2n) is 3.69. The highest BCUT2D eigenvalue weighted by atomic mass is 16.2. The lowest BCUT2D eigenvalue weighted by atomic mass is 10.2. The maximum atomic E-state index is 11.2. The summed E-state index contributed by atoms with van der Waals surface area (Å²) in [6.45, 7) is 2.21. The fourth-order valence-corrected chi connectivity index (χ4v) is 1.39. The van der Waals surface area contributed by atoms with Crippen LogP contribution in [-0.2, 0) is 16.1 Å². The Morgan fingerprint density at radius 2 is 2.06 bits per heavy atom. The van der Waals surface area contributed by atoms with Gasteiger partial charge in [0.2, 0.25) is 11.8 Å². The summed E-state index contributed by atoms with van der Waals surface area (Å²) in [5.74, 6) is -0.168. The summed E-state index contributed by atoms with van der Waals surface area (Å²) in [7, 11) is 1.72. The minimum atomic E-state index is -0.110. The summed E-state index contributed by atoms with van der Waals surface area (Å²) >= 11 is 0. The molecule has 92 valence electrons. The van der Waals surface area contributed by atoms with E-state index in [0.29, 0.717) is 13.1 Å². The minimum Gasteiger partial charge on any atom is -0.351 e. The van der Waals surface area contributed by atoms with Gasteiger partial charge in [-0.3, -0.25) is 9.59 Å². The second kappa shape index (κ2) is 6.65. The largest absolute Gasteiger partial charge is 0.351 e. The van der Waals surface area contributed by atoms with Crippen molar-refractivity contribution in [3.8, 4) is 0 Å². The van der Waals surface area contributed by atoms with Crippen molar-refractivity contribution < 1.29 is 9.59 Å². The molecule has 0 bridgehead atoms. The monoisotopic (exact) mass is 235 g/mol. The highest BCUT2D eigenvalue weighted by molar-refractivity contribution is 5.88. The number of carbonyl (C=O) groups excluding carboxylic acids is 2. The van der Waals surface area contributed by atoms with E-state index in [9.17, 15) is 9.59 Å². The number of anilines is 1. The van der Waals surface area contributed by atoms with E-state index in [1.54, 1.807) is 13.1 Å². The van der Waals surface area contributed by atoms with Crippen LogP contribution in [0.4, 0.5) is 5.69 Å². The summed E-state index contributed by atoms with van der Waals surface area (Å²) in [5, 5.41) is 8.23. The van der Waals surface area contributed by atoms with Crippen molar-refractivity contribution >= 4 is 17.5 Å². The van der Waals surface area contributed by atoms with Gasteiger partial charge in [-0.25, -0.2) is 0 Å². The zero-order valence-electron chi connectivity index (χ0n) is 10.0. The van der Waals surface area contributed by atoms with Crippen molar-refractivity contribution in [3.05, 3.63) is 29.8 Å². The van der Waals surface area contributed by atoms with Gasteiger partial charge in [0.15, 0.2) is 0 Å². The zero-order chi connectivity index (χ0) is 12.7. The molecular weight excluding hydrogens is 218 g/mol. The fourth-order valence-electron chi connectivity index (χ4n) is 1.39. The smallest absolute Gasteiger partial charge is 0.234 e. The minimum absolute atomic E-state index is 0.0579. The molecule has 5 heteroatoms. The van der Waals surface area contributed by atoms with Crippen LogP contribution in [0.15, 0.2) is 24.3 Å². The molecule has 0 aliphatic rings. The van der Waals surface area contributed by atoms with Crippen LogP contribution in [-0.4, -0.2) is 25.4 Å². The van der Waals surface area contributed by atoms with Gasteiger partial charge in [0.1, 0.15) is 0 Å². The average Bonchev–Trinajstić information content (AvgIpc) is 2.26. The van der Waals surface area contributed by atoms with Crippen molar-refractivity contribution in [2.24, 2.45) is 0 Å². The standard InChI is InChI=1S/C12H17N3O2/c1-9(16)15-11-5-3-4-10(6-11)7-14-12(17)8-13-2/h3-6,13H,7-8H2,1-2H3,(H,14,17)(H,15,16). The Balaban J connectivity index is 2.53. The molecule has 0 aromatic heterocycles. The van der Waals surface area contributed by atoms with Gasteiger partial charge < -0.3 is 16.0 Å². The lowest BCUT2D eigenvalue weighted by molar-refractivity contribution is -0.120. The fraction of sp³-hybridized carbons (Fsp3) is 0.333. The Morgan fingerprint density at radius 3 is 2.71 bits per heavy atom. The summed E-state index contributed by atoms with van der Waals surface area (Å²) in [5.41, 5.74) is 1.68. The molecule has 3 N–H and O–H groups in total. The van der Waals surface area contributed by atoms with Crippen molar-refractivity contribution in [3.63, 3.8) is 0 Å². The second-order valence-corrected chi connectivity index (χ2v) is 3.69. The normalized spacial score (nSPS) is 9.76. The molecule has 0 heterocycles. The molecule has 1 rings (SSSR count). The number of benzene rings is 1. The number of amides is 2. The van der Waals surface area contributed by atoms with Crippen LogP contribution in [0.1, 0.15) is 12.5 Å². The van der Waals surface area contributed by atoms with Crippen LogP contribution in [0.25, 0.3) is 0 Å². The number of rotatable bonds is 5. The molecule has 0 aliphatic carbocycles. The van der Waals surface area contributed by atoms with Crippen LogP contribution < -0.4 is 16.0 Å². The lowest BCUT2D eigenvalue weighted by Crippen LogP contribution is -2.31. The predicted octanol–water partition coefficient (Wildman–Crippen LogP) is 0.481. The number of hydrogen-bond acceptors (Lipinski definition) is 3. The van der Waals surface area contributed by atoms with Gasteiger partial charge in [-0.2, -0.15) is 0 Å². The summed E-state index contributed by atoms with van der Waals surface area (Å²) in [4.78, 5) is 22.1. The van der Waals surface area contributed by atoms with E-state index in [1.165, 1.54) is 6.92 Å². The third-order valence-electron chi connectivity index (χ3n) is 2.07. The van der Waals surface area contributed by atoms with Gasteiger partial charge in [-0.1, -0.05) is 12.1 Å². The molecule has 0 saturated carbocycles. The third-order valence-corrected chi connectivity index (χ3v) is 2.07. The molecular formula is C12H17N3O2. The van der Waals surface area contributed by atoms with E-state index in [0.717, 1.165) is 11.3 Å². The SMILES string of the molecule is CNCC(=O)NCc1cccc(NC(C)=O)c1. The first-order valence-electron chi connectivity index (χ1n) is 5.39. The number of carbonyl (C=O) groups is 2. The average molecular weight is 235 g/mol. The summed E-state index contributed by atoms with van der Waals surface area (Å²) in [6, 6.07) is 7.37. The zero-order valence-corrected chi connectivity index (χ0v) is 10.0. The molecule has 5 nitrogen and oxygen atoms in total. The number of hydrogen-bond donors (Lipinski definition) is 3. The van der Waals surface area contributed by atoms with Crippen LogP contribution in [0.2, 0.25) is 0 Å². The first-order valence-corrected chi connectivity index (χ1v) is 5.39. The highest BCUT2D eigenvalue weighted by Gasteiger charge is 2.01. The molecule has 0 saturated heterocycles. The number of nitrogens with one attached hydrogen (secondary N) is 3. The van der Waals surface area contributed by atoms with Gasteiger partial charge in [-0.15, -0.1) is 0 Å². The first-order chi connectivity index (χ1) is 8.11. The van der Waals surface area contributed by atoms with Crippen molar-refractivity contribution in [2.45, 2.75) is 13.5 Å². The molecule has 0 fully saturated rings. The van der Waals surface area contributed by atoms with E-state index < -0.39 is 0 Å². The van der Waals surface area contributed by atoms with Gasteiger partial charge in [0.25, 0.3) is 0 Å². The Kier molecular flexibility index (Phi) is 5.16.